The summed E-state index contributed by atoms with van der Waals surface area (Å²) in [7, 11) is 0. The van der Waals surface area contributed by atoms with Crippen molar-refractivity contribution >= 4 is 11.6 Å². The van der Waals surface area contributed by atoms with Gasteiger partial charge in [0, 0.05) is 5.88 Å². The van der Waals surface area contributed by atoms with Crippen LogP contribution in [0.4, 0.5) is 0 Å². The summed E-state index contributed by atoms with van der Waals surface area (Å²) in [5.74, 6) is 3.10. The third-order valence-electron chi connectivity index (χ3n) is 3.05. The molecule has 0 fully saturated rings. The maximum Gasteiger partial charge on any atom is 0.0228 e. The van der Waals surface area contributed by atoms with Crippen LogP contribution in [0, 0.1) is 17.8 Å². The van der Waals surface area contributed by atoms with Gasteiger partial charge in [-0.15, -0.1) is 11.6 Å². The summed E-state index contributed by atoms with van der Waals surface area (Å²) in [4.78, 5) is 0. The molecule has 0 unspecified atom stereocenters. The lowest BCUT2D eigenvalue weighted by Gasteiger charge is -2.10. The van der Waals surface area contributed by atoms with Gasteiger partial charge in [-0.25, -0.2) is 0 Å². The fourth-order valence-electron chi connectivity index (χ4n) is 1.80. The highest BCUT2D eigenvalue weighted by Crippen LogP contribution is 2.16. The number of alkyl halides is 1. The van der Waals surface area contributed by atoms with E-state index in [0.29, 0.717) is 5.92 Å². The predicted molar refractivity (Wildman–Crippen MR) is 76.1 cm³/mol. The standard InChI is InChI=1S/C15H29Cl/c1-13(2)7-5-8-14(3)9-6-10-15(4)11-12-16/h6,10,13-15H,5,7-9,11-12H2,1-4H3/b10-6+/t14-,15+/m1/s1. The van der Waals surface area contributed by atoms with Crippen LogP contribution in [-0.2, 0) is 0 Å². The molecule has 0 aromatic carbocycles. The number of rotatable bonds is 9. The Morgan fingerprint density at radius 2 is 1.69 bits per heavy atom. The molecule has 0 nitrogen and oxygen atoms in total. The van der Waals surface area contributed by atoms with Crippen LogP contribution in [0.5, 0.6) is 0 Å². The summed E-state index contributed by atoms with van der Waals surface area (Å²) >= 11 is 5.70. The molecular formula is C15H29Cl. The van der Waals surface area contributed by atoms with Gasteiger partial charge in [0.15, 0.2) is 0 Å². The van der Waals surface area contributed by atoms with Gasteiger partial charge < -0.3 is 0 Å². The fourth-order valence-corrected chi connectivity index (χ4v) is 2.15. The molecule has 1 heteroatoms. The zero-order valence-corrected chi connectivity index (χ0v) is 12.3. The van der Waals surface area contributed by atoms with Crippen molar-refractivity contribution < 1.29 is 0 Å². The molecule has 0 rings (SSSR count). The van der Waals surface area contributed by atoms with Gasteiger partial charge in [0.25, 0.3) is 0 Å². The molecule has 0 spiro atoms. The van der Waals surface area contributed by atoms with Crippen LogP contribution in [0.3, 0.4) is 0 Å². The molecular weight excluding hydrogens is 216 g/mol. The lowest BCUT2D eigenvalue weighted by Crippen LogP contribution is -1.96. The molecule has 0 aliphatic rings. The van der Waals surface area contributed by atoms with Gasteiger partial charge in [-0.3, -0.25) is 0 Å². The molecule has 0 radical (unpaired) electrons. The fraction of sp³-hybridized carbons (Fsp3) is 0.867. The van der Waals surface area contributed by atoms with Crippen molar-refractivity contribution in [1.82, 2.24) is 0 Å². The van der Waals surface area contributed by atoms with Gasteiger partial charge in [-0.05, 0) is 30.6 Å². The molecule has 0 saturated heterocycles. The van der Waals surface area contributed by atoms with Crippen molar-refractivity contribution in [2.45, 2.75) is 59.8 Å². The summed E-state index contributed by atoms with van der Waals surface area (Å²) in [6.45, 7) is 9.20. The molecule has 0 aliphatic heterocycles. The molecule has 16 heavy (non-hydrogen) atoms. The van der Waals surface area contributed by atoms with Crippen molar-refractivity contribution in [3.05, 3.63) is 12.2 Å². The van der Waals surface area contributed by atoms with Gasteiger partial charge in [-0.1, -0.05) is 59.1 Å². The zero-order valence-electron chi connectivity index (χ0n) is 11.5. The van der Waals surface area contributed by atoms with Crippen LogP contribution >= 0.6 is 11.6 Å². The lowest BCUT2D eigenvalue weighted by atomic mass is 9.96. The van der Waals surface area contributed by atoms with E-state index in [1.165, 1.54) is 25.7 Å². The van der Waals surface area contributed by atoms with Crippen LogP contribution in [0.1, 0.15) is 59.8 Å². The van der Waals surface area contributed by atoms with Crippen LogP contribution in [0.25, 0.3) is 0 Å². The lowest BCUT2D eigenvalue weighted by molar-refractivity contribution is 0.460. The topological polar surface area (TPSA) is 0 Å². The van der Waals surface area contributed by atoms with E-state index in [0.717, 1.165) is 24.1 Å². The number of hydrogen-bond donors (Lipinski definition) is 0. The number of halogens is 1. The molecule has 0 aromatic rings. The minimum absolute atomic E-state index is 0.639. The highest BCUT2D eigenvalue weighted by molar-refractivity contribution is 6.17. The zero-order chi connectivity index (χ0) is 12.4. The van der Waals surface area contributed by atoms with Crippen LogP contribution < -0.4 is 0 Å². The summed E-state index contributed by atoms with van der Waals surface area (Å²) in [6.07, 6.45) is 11.1. The van der Waals surface area contributed by atoms with E-state index >= 15 is 0 Å². The smallest absolute Gasteiger partial charge is 0.0228 e. The Kier molecular flexibility index (Phi) is 10.2. The highest BCUT2D eigenvalue weighted by atomic mass is 35.5. The molecule has 2 atom stereocenters. The predicted octanol–water partition coefficient (Wildman–Crippen LogP) is 5.66. The van der Waals surface area contributed by atoms with E-state index in [1.54, 1.807) is 0 Å². The van der Waals surface area contributed by atoms with Gasteiger partial charge in [0.1, 0.15) is 0 Å². The summed E-state index contributed by atoms with van der Waals surface area (Å²) < 4.78 is 0. The van der Waals surface area contributed by atoms with Crippen LogP contribution in [-0.4, -0.2) is 5.88 Å². The first-order valence-electron chi connectivity index (χ1n) is 6.78. The average Bonchev–Trinajstić information content (AvgIpc) is 2.17. The first-order valence-corrected chi connectivity index (χ1v) is 7.32. The van der Waals surface area contributed by atoms with E-state index in [-0.39, 0.29) is 0 Å². The highest BCUT2D eigenvalue weighted by Gasteiger charge is 2.01. The first-order chi connectivity index (χ1) is 7.56. The minimum atomic E-state index is 0.639. The number of allylic oxidation sites excluding steroid dienone is 2. The second kappa shape index (κ2) is 10.2. The van der Waals surface area contributed by atoms with Crippen molar-refractivity contribution in [3.63, 3.8) is 0 Å². The number of hydrogen-bond acceptors (Lipinski definition) is 0. The minimum Gasteiger partial charge on any atom is -0.127 e. The quantitative estimate of drug-likeness (QED) is 0.363. The third-order valence-corrected chi connectivity index (χ3v) is 3.26. The Balaban J connectivity index is 3.52. The molecule has 0 N–H and O–H groups in total. The van der Waals surface area contributed by atoms with Crippen molar-refractivity contribution in [3.8, 4) is 0 Å². The molecule has 96 valence electrons. The van der Waals surface area contributed by atoms with Gasteiger partial charge in [-0.2, -0.15) is 0 Å². The van der Waals surface area contributed by atoms with E-state index in [4.69, 9.17) is 11.6 Å². The summed E-state index contributed by atoms with van der Waals surface area (Å²) in [5.41, 5.74) is 0. The monoisotopic (exact) mass is 244 g/mol. The maximum absolute atomic E-state index is 5.70. The van der Waals surface area contributed by atoms with Crippen molar-refractivity contribution in [1.29, 1.82) is 0 Å². The van der Waals surface area contributed by atoms with Gasteiger partial charge in [0.05, 0.1) is 0 Å². The van der Waals surface area contributed by atoms with Gasteiger partial charge >= 0.3 is 0 Å². The molecule has 0 amide bonds. The second-order valence-corrected chi connectivity index (χ2v) is 5.93. The second-order valence-electron chi connectivity index (χ2n) is 5.55. The normalized spacial score (nSPS) is 15.9. The molecule has 0 saturated carbocycles. The Hall–Kier alpha value is 0.0300. The van der Waals surface area contributed by atoms with Crippen LogP contribution in [0.15, 0.2) is 12.2 Å². The SMILES string of the molecule is CC(C)CCC[C@@H](C)C/C=C/[C@H](C)CCCl. The van der Waals surface area contributed by atoms with Crippen LogP contribution in [0.2, 0.25) is 0 Å². The van der Waals surface area contributed by atoms with Gasteiger partial charge in [0.2, 0.25) is 0 Å². The van der Waals surface area contributed by atoms with E-state index < -0.39 is 0 Å². The molecule has 0 bridgehead atoms. The Morgan fingerprint density at radius 1 is 1.00 bits per heavy atom. The van der Waals surface area contributed by atoms with E-state index in [2.05, 4.69) is 39.8 Å². The Labute approximate surface area is 107 Å². The van der Waals surface area contributed by atoms with Crippen molar-refractivity contribution in [2.75, 3.05) is 5.88 Å². The third kappa shape index (κ3) is 10.5. The Morgan fingerprint density at radius 3 is 2.25 bits per heavy atom. The molecule has 0 aliphatic carbocycles. The maximum atomic E-state index is 5.70. The summed E-state index contributed by atoms with van der Waals surface area (Å²) in [5, 5.41) is 0. The Bertz CT molecular complexity index is 172. The van der Waals surface area contributed by atoms with Crippen molar-refractivity contribution in [2.24, 2.45) is 17.8 Å². The first kappa shape index (κ1) is 16.0. The molecule has 0 aromatic heterocycles. The summed E-state index contributed by atoms with van der Waals surface area (Å²) in [6, 6.07) is 0. The molecule has 0 heterocycles. The van der Waals surface area contributed by atoms with E-state index in [1.807, 2.05) is 0 Å². The largest absolute Gasteiger partial charge is 0.127 e. The van der Waals surface area contributed by atoms with E-state index in [9.17, 15) is 0 Å². The average molecular weight is 245 g/mol.